The van der Waals surface area contributed by atoms with Crippen LogP contribution in [0.2, 0.25) is 0 Å². The number of thioether (sulfide) groups is 1. The second-order valence-corrected chi connectivity index (χ2v) is 6.26. The van der Waals surface area contributed by atoms with E-state index in [1.54, 1.807) is 0 Å². The number of ether oxygens (including phenoxy) is 1. The molecule has 0 spiro atoms. The number of esters is 1. The summed E-state index contributed by atoms with van der Waals surface area (Å²) in [6.45, 7) is 3.71. The molecule has 1 aliphatic carbocycles. The van der Waals surface area contributed by atoms with E-state index in [2.05, 4.69) is 10.1 Å². The number of carbonyl (C=O) groups excluding carboxylic acids is 2. The predicted molar refractivity (Wildman–Crippen MR) is 73.5 cm³/mol. The first-order valence-electron chi connectivity index (χ1n) is 6.54. The Kier molecular flexibility index (Phi) is 6.54. The second kappa shape index (κ2) is 7.67. The Balaban J connectivity index is 2.24. The standard InChI is InChI=1S/C13H23NO3S/c1-9(13(16)17-3)8-18-10(2)12(15)14-11-6-4-5-7-11/h9-11H,4-8H2,1-3H3,(H,14,15). The van der Waals surface area contributed by atoms with Crippen LogP contribution >= 0.6 is 11.8 Å². The van der Waals surface area contributed by atoms with Gasteiger partial charge in [-0.3, -0.25) is 9.59 Å². The van der Waals surface area contributed by atoms with E-state index in [4.69, 9.17) is 0 Å². The molecule has 1 saturated carbocycles. The lowest BCUT2D eigenvalue weighted by atomic mass is 10.2. The maximum atomic E-state index is 11.9. The fourth-order valence-corrected chi connectivity index (χ4v) is 2.96. The molecule has 0 heterocycles. The average molecular weight is 273 g/mol. The van der Waals surface area contributed by atoms with E-state index in [0.29, 0.717) is 11.8 Å². The van der Waals surface area contributed by atoms with E-state index in [9.17, 15) is 9.59 Å². The highest BCUT2D eigenvalue weighted by atomic mass is 32.2. The Morgan fingerprint density at radius 1 is 1.33 bits per heavy atom. The molecule has 2 atom stereocenters. The SMILES string of the molecule is COC(=O)C(C)CSC(C)C(=O)NC1CCCC1. The first kappa shape index (κ1) is 15.3. The minimum absolute atomic E-state index is 0.0870. The van der Waals surface area contributed by atoms with Crippen LogP contribution in [0, 0.1) is 5.92 Å². The fourth-order valence-electron chi connectivity index (χ4n) is 2.02. The van der Waals surface area contributed by atoms with Crippen LogP contribution in [0.1, 0.15) is 39.5 Å². The van der Waals surface area contributed by atoms with E-state index in [1.165, 1.54) is 31.7 Å². The number of nitrogens with one attached hydrogen (secondary N) is 1. The van der Waals surface area contributed by atoms with Crippen LogP contribution in [0.15, 0.2) is 0 Å². The molecule has 2 unspecified atom stereocenters. The molecule has 4 nitrogen and oxygen atoms in total. The summed E-state index contributed by atoms with van der Waals surface area (Å²) >= 11 is 1.51. The van der Waals surface area contributed by atoms with Gasteiger partial charge < -0.3 is 10.1 Å². The zero-order valence-corrected chi connectivity index (χ0v) is 12.2. The molecule has 0 saturated heterocycles. The molecule has 1 rings (SSSR count). The largest absolute Gasteiger partial charge is 0.469 e. The number of amides is 1. The van der Waals surface area contributed by atoms with Gasteiger partial charge in [0, 0.05) is 11.8 Å². The van der Waals surface area contributed by atoms with E-state index in [-0.39, 0.29) is 23.0 Å². The van der Waals surface area contributed by atoms with Crippen molar-refractivity contribution < 1.29 is 14.3 Å². The van der Waals surface area contributed by atoms with E-state index in [1.807, 2.05) is 13.8 Å². The quantitative estimate of drug-likeness (QED) is 0.752. The van der Waals surface area contributed by atoms with Crippen molar-refractivity contribution in [3.8, 4) is 0 Å². The normalized spacial score (nSPS) is 19.3. The fraction of sp³-hybridized carbons (Fsp3) is 0.846. The van der Waals surface area contributed by atoms with Crippen LogP contribution in [0.5, 0.6) is 0 Å². The van der Waals surface area contributed by atoms with Gasteiger partial charge in [0.15, 0.2) is 0 Å². The minimum Gasteiger partial charge on any atom is -0.469 e. The number of hydrogen-bond donors (Lipinski definition) is 1. The van der Waals surface area contributed by atoms with Gasteiger partial charge in [-0.15, -0.1) is 11.8 Å². The predicted octanol–water partition coefficient (Wildman–Crippen LogP) is 1.98. The van der Waals surface area contributed by atoms with Gasteiger partial charge >= 0.3 is 5.97 Å². The third-order valence-corrected chi connectivity index (χ3v) is 4.68. The maximum absolute atomic E-state index is 11.9. The molecule has 1 N–H and O–H groups in total. The van der Waals surface area contributed by atoms with Crippen molar-refractivity contribution in [2.45, 2.75) is 50.8 Å². The molecular formula is C13H23NO3S. The molecule has 0 bridgehead atoms. The van der Waals surface area contributed by atoms with Crippen LogP contribution in [-0.2, 0) is 14.3 Å². The van der Waals surface area contributed by atoms with Crippen LogP contribution in [0.3, 0.4) is 0 Å². The second-order valence-electron chi connectivity index (χ2n) is 4.89. The molecule has 0 aromatic heterocycles. The van der Waals surface area contributed by atoms with Crippen molar-refractivity contribution >= 4 is 23.6 Å². The Hall–Kier alpha value is -0.710. The van der Waals surface area contributed by atoms with Crippen LogP contribution in [0.4, 0.5) is 0 Å². The summed E-state index contributed by atoms with van der Waals surface area (Å²) in [5.41, 5.74) is 0. The lowest BCUT2D eigenvalue weighted by molar-refractivity contribution is -0.144. The van der Waals surface area contributed by atoms with Gasteiger partial charge in [-0.2, -0.15) is 0 Å². The zero-order chi connectivity index (χ0) is 13.5. The molecule has 104 valence electrons. The summed E-state index contributed by atoms with van der Waals surface area (Å²) in [6, 6.07) is 0.360. The summed E-state index contributed by atoms with van der Waals surface area (Å²) in [7, 11) is 1.39. The van der Waals surface area contributed by atoms with Crippen molar-refractivity contribution in [3.63, 3.8) is 0 Å². The Bertz CT molecular complexity index is 290. The topological polar surface area (TPSA) is 55.4 Å². The summed E-state index contributed by atoms with van der Waals surface area (Å²) < 4.78 is 4.66. The highest BCUT2D eigenvalue weighted by Gasteiger charge is 2.22. The summed E-state index contributed by atoms with van der Waals surface area (Å²) in [5.74, 6) is 0.322. The summed E-state index contributed by atoms with van der Waals surface area (Å²) in [5, 5.41) is 2.96. The maximum Gasteiger partial charge on any atom is 0.309 e. The van der Waals surface area contributed by atoms with E-state index >= 15 is 0 Å². The van der Waals surface area contributed by atoms with Gasteiger partial charge in [0.25, 0.3) is 0 Å². The third-order valence-electron chi connectivity index (χ3n) is 3.27. The van der Waals surface area contributed by atoms with E-state index in [0.717, 1.165) is 12.8 Å². The first-order valence-corrected chi connectivity index (χ1v) is 7.59. The van der Waals surface area contributed by atoms with Crippen LogP contribution in [0.25, 0.3) is 0 Å². The smallest absolute Gasteiger partial charge is 0.309 e. The third kappa shape index (κ3) is 4.88. The van der Waals surface area contributed by atoms with Crippen molar-refractivity contribution in [2.24, 2.45) is 5.92 Å². The van der Waals surface area contributed by atoms with Gasteiger partial charge in [-0.25, -0.2) is 0 Å². The number of methoxy groups -OCH3 is 1. The number of carbonyl (C=O) groups is 2. The number of hydrogen-bond acceptors (Lipinski definition) is 4. The van der Waals surface area contributed by atoms with Crippen molar-refractivity contribution in [2.75, 3.05) is 12.9 Å². The van der Waals surface area contributed by atoms with Gasteiger partial charge in [-0.05, 0) is 19.8 Å². The molecule has 0 radical (unpaired) electrons. The highest BCUT2D eigenvalue weighted by molar-refractivity contribution is 8.00. The molecule has 0 aromatic rings. The Labute approximate surface area is 113 Å². The number of rotatable bonds is 6. The van der Waals surface area contributed by atoms with Crippen molar-refractivity contribution in [1.29, 1.82) is 0 Å². The Morgan fingerprint density at radius 2 is 1.94 bits per heavy atom. The summed E-state index contributed by atoms with van der Waals surface area (Å²) in [6.07, 6.45) is 4.63. The first-order chi connectivity index (χ1) is 8.54. The molecule has 0 aromatic carbocycles. The van der Waals surface area contributed by atoms with E-state index < -0.39 is 0 Å². The highest BCUT2D eigenvalue weighted by Crippen LogP contribution is 2.20. The van der Waals surface area contributed by atoms with Crippen LogP contribution in [-0.4, -0.2) is 36.0 Å². The van der Waals surface area contributed by atoms with Crippen LogP contribution < -0.4 is 5.32 Å². The molecule has 0 aliphatic heterocycles. The van der Waals surface area contributed by atoms with Gasteiger partial charge in [0.1, 0.15) is 0 Å². The van der Waals surface area contributed by atoms with Gasteiger partial charge in [-0.1, -0.05) is 19.8 Å². The zero-order valence-electron chi connectivity index (χ0n) is 11.4. The van der Waals surface area contributed by atoms with Gasteiger partial charge in [0.2, 0.25) is 5.91 Å². The van der Waals surface area contributed by atoms with Gasteiger partial charge in [0.05, 0.1) is 18.3 Å². The molecule has 1 fully saturated rings. The lowest BCUT2D eigenvalue weighted by Gasteiger charge is -2.17. The minimum atomic E-state index is -0.217. The van der Waals surface area contributed by atoms with Crippen molar-refractivity contribution in [3.05, 3.63) is 0 Å². The summed E-state index contributed by atoms with van der Waals surface area (Å²) in [4.78, 5) is 23.1. The van der Waals surface area contributed by atoms with Crippen molar-refractivity contribution in [1.82, 2.24) is 5.32 Å². The molecule has 1 amide bonds. The monoisotopic (exact) mass is 273 g/mol. The average Bonchev–Trinajstić information content (AvgIpc) is 2.87. The molecule has 1 aliphatic rings. The molecule has 18 heavy (non-hydrogen) atoms. The molecule has 5 heteroatoms. The Morgan fingerprint density at radius 3 is 2.50 bits per heavy atom. The molecular weight excluding hydrogens is 250 g/mol. The lowest BCUT2D eigenvalue weighted by Crippen LogP contribution is -2.38.